The Labute approximate surface area is 207 Å². The number of amides is 2. The summed E-state index contributed by atoms with van der Waals surface area (Å²) in [5, 5.41) is 10.4. The Kier molecular flexibility index (Phi) is 5.84. The summed E-state index contributed by atoms with van der Waals surface area (Å²) in [4.78, 5) is 35.7. The second kappa shape index (κ2) is 8.76. The van der Waals surface area contributed by atoms with Crippen LogP contribution in [0.25, 0.3) is 11.3 Å². The van der Waals surface area contributed by atoms with Gasteiger partial charge in [0.2, 0.25) is 5.91 Å². The molecule has 2 amide bonds. The summed E-state index contributed by atoms with van der Waals surface area (Å²) in [7, 11) is 0. The van der Waals surface area contributed by atoms with Crippen LogP contribution in [-0.4, -0.2) is 76.1 Å². The van der Waals surface area contributed by atoms with Crippen LogP contribution in [0.15, 0.2) is 30.9 Å². The zero-order valence-corrected chi connectivity index (χ0v) is 20.3. The minimum absolute atomic E-state index is 0.0203. The summed E-state index contributed by atoms with van der Waals surface area (Å²) in [6, 6.07) is 3.17. The Bertz CT molecular complexity index is 1240. The van der Waals surface area contributed by atoms with Gasteiger partial charge in [0.1, 0.15) is 35.2 Å². The Morgan fingerprint density at radius 1 is 1.25 bits per heavy atom. The van der Waals surface area contributed by atoms with Crippen LogP contribution >= 0.6 is 0 Å². The first-order chi connectivity index (χ1) is 17.1. The molecule has 1 aromatic carbocycles. The number of rotatable bonds is 3. The summed E-state index contributed by atoms with van der Waals surface area (Å²) in [6.45, 7) is 8.80. The molecule has 2 fully saturated rings. The fourth-order valence-corrected chi connectivity index (χ4v) is 5.38. The van der Waals surface area contributed by atoms with E-state index in [0.29, 0.717) is 13.1 Å². The van der Waals surface area contributed by atoms with Crippen LogP contribution in [0.5, 0.6) is 11.5 Å². The van der Waals surface area contributed by atoms with Gasteiger partial charge < -0.3 is 24.5 Å². The number of piperazine rings is 1. The van der Waals surface area contributed by atoms with Gasteiger partial charge in [0, 0.05) is 31.7 Å². The SMILES string of the molecule is C=CC(=O)N1CCN2C(=O)c3c(N4CCCC4(C)C)nc(-c4c(O)cccc4F)c(F)c3OC[C@H]2C1. The fraction of sp³-hybridized carbons (Fsp3) is 0.423. The van der Waals surface area contributed by atoms with Crippen molar-refractivity contribution in [3.8, 4) is 22.8 Å². The van der Waals surface area contributed by atoms with Crippen molar-refractivity contribution in [1.82, 2.24) is 14.8 Å². The number of anilines is 1. The van der Waals surface area contributed by atoms with E-state index in [-0.39, 0.29) is 42.7 Å². The second-order valence-corrected chi connectivity index (χ2v) is 9.96. The number of carbonyl (C=O) groups excluding carboxylic acids is 2. The van der Waals surface area contributed by atoms with Gasteiger partial charge in [0.15, 0.2) is 11.6 Å². The zero-order chi connectivity index (χ0) is 25.8. The van der Waals surface area contributed by atoms with Gasteiger partial charge in [0.05, 0.1) is 11.6 Å². The molecule has 0 aliphatic carbocycles. The number of halogens is 2. The number of phenols is 1. The Morgan fingerprint density at radius 2 is 2.03 bits per heavy atom. The van der Waals surface area contributed by atoms with Crippen molar-refractivity contribution in [2.24, 2.45) is 0 Å². The minimum atomic E-state index is -1.02. The maximum absolute atomic E-state index is 16.0. The third-order valence-corrected chi connectivity index (χ3v) is 7.32. The van der Waals surface area contributed by atoms with E-state index in [0.717, 1.165) is 18.9 Å². The molecule has 1 atom stereocenters. The molecular weight excluding hydrogens is 470 g/mol. The zero-order valence-electron chi connectivity index (χ0n) is 20.3. The van der Waals surface area contributed by atoms with E-state index in [1.165, 1.54) is 18.2 Å². The van der Waals surface area contributed by atoms with Crippen LogP contribution in [0.2, 0.25) is 0 Å². The highest BCUT2D eigenvalue weighted by molar-refractivity contribution is 6.03. The molecule has 1 N–H and O–H groups in total. The summed E-state index contributed by atoms with van der Waals surface area (Å²) >= 11 is 0. The van der Waals surface area contributed by atoms with Gasteiger partial charge in [-0.3, -0.25) is 9.59 Å². The molecule has 2 aromatic rings. The number of carbonyl (C=O) groups is 2. The number of nitrogens with zero attached hydrogens (tertiary/aromatic N) is 4. The van der Waals surface area contributed by atoms with E-state index >= 15 is 4.39 Å². The predicted octanol–water partition coefficient (Wildman–Crippen LogP) is 3.34. The van der Waals surface area contributed by atoms with Crippen molar-refractivity contribution in [3.63, 3.8) is 0 Å². The molecule has 0 bridgehead atoms. The van der Waals surface area contributed by atoms with E-state index in [1.807, 2.05) is 18.7 Å². The molecule has 1 aromatic heterocycles. The first-order valence-corrected chi connectivity index (χ1v) is 12.0. The molecule has 3 aliphatic heterocycles. The standard InChI is InChI=1S/C26H28F2N4O4/c1-4-18(34)30-11-12-31-15(13-30)14-36-23-20(25(31)35)24(32-10-6-9-26(32,2)3)29-22(21(23)28)19-16(27)7-5-8-17(19)33/h4-5,7-8,15,33H,1,6,9-14H2,2-3H3/t15-/m1/s1. The summed E-state index contributed by atoms with van der Waals surface area (Å²) in [5.74, 6) is -3.16. The van der Waals surface area contributed by atoms with Gasteiger partial charge in [-0.15, -0.1) is 0 Å². The van der Waals surface area contributed by atoms with Crippen molar-refractivity contribution in [3.05, 3.63) is 48.1 Å². The van der Waals surface area contributed by atoms with Gasteiger partial charge in [-0.1, -0.05) is 12.6 Å². The molecule has 5 rings (SSSR count). The summed E-state index contributed by atoms with van der Waals surface area (Å²) < 4.78 is 36.8. The number of phenolic OH excluding ortho intramolecular Hbond substituents is 1. The summed E-state index contributed by atoms with van der Waals surface area (Å²) in [6.07, 6.45) is 2.87. The predicted molar refractivity (Wildman–Crippen MR) is 129 cm³/mol. The van der Waals surface area contributed by atoms with E-state index < -0.39 is 46.1 Å². The highest BCUT2D eigenvalue weighted by Crippen LogP contribution is 2.45. The van der Waals surface area contributed by atoms with Crippen molar-refractivity contribution in [2.75, 3.05) is 37.7 Å². The largest absolute Gasteiger partial charge is 0.507 e. The third-order valence-electron chi connectivity index (χ3n) is 7.32. The molecular formula is C26H28F2N4O4. The lowest BCUT2D eigenvalue weighted by Crippen LogP contribution is -2.57. The molecule has 2 saturated heterocycles. The van der Waals surface area contributed by atoms with Crippen molar-refractivity contribution >= 4 is 17.6 Å². The molecule has 10 heteroatoms. The molecule has 0 spiro atoms. The first-order valence-electron chi connectivity index (χ1n) is 12.0. The number of ether oxygens (including phenoxy) is 1. The van der Waals surface area contributed by atoms with Crippen molar-refractivity contribution in [2.45, 2.75) is 38.3 Å². The van der Waals surface area contributed by atoms with Crippen molar-refractivity contribution < 1.29 is 28.2 Å². The number of fused-ring (bicyclic) bond motifs is 2. The van der Waals surface area contributed by atoms with Crippen LogP contribution in [0.3, 0.4) is 0 Å². The number of hydrogen-bond donors (Lipinski definition) is 1. The van der Waals surface area contributed by atoms with Crippen LogP contribution in [0, 0.1) is 11.6 Å². The van der Waals surface area contributed by atoms with Crippen LogP contribution < -0.4 is 9.64 Å². The topological polar surface area (TPSA) is 86.2 Å². The average molecular weight is 499 g/mol. The normalized spacial score (nSPS) is 20.9. The molecule has 36 heavy (non-hydrogen) atoms. The van der Waals surface area contributed by atoms with Gasteiger partial charge >= 0.3 is 0 Å². The molecule has 0 radical (unpaired) electrons. The Morgan fingerprint density at radius 3 is 2.69 bits per heavy atom. The van der Waals surface area contributed by atoms with E-state index in [4.69, 9.17) is 4.74 Å². The highest BCUT2D eigenvalue weighted by atomic mass is 19.1. The average Bonchev–Trinajstić information content (AvgIpc) is 3.13. The lowest BCUT2D eigenvalue weighted by molar-refractivity contribution is -0.128. The molecule has 3 aliphatic rings. The van der Waals surface area contributed by atoms with Crippen LogP contribution in [0.4, 0.5) is 14.6 Å². The minimum Gasteiger partial charge on any atom is -0.507 e. The van der Waals surface area contributed by atoms with E-state index in [2.05, 4.69) is 11.6 Å². The number of aromatic nitrogens is 1. The van der Waals surface area contributed by atoms with Gasteiger partial charge in [-0.2, -0.15) is 0 Å². The van der Waals surface area contributed by atoms with E-state index in [1.54, 1.807) is 9.80 Å². The maximum Gasteiger partial charge on any atom is 0.262 e. The quantitative estimate of drug-likeness (QED) is 0.654. The third kappa shape index (κ3) is 3.75. The van der Waals surface area contributed by atoms with Crippen molar-refractivity contribution in [1.29, 1.82) is 0 Å². The molecule has 0 unspecified atom stereocenters. The number of benzene rings is 1. The molecule has 8 nitrogen and oxygen atoms in total. The lowest BCUT2D eigenvalue weighted by atomic mass is 10.0. The van der Waals surface area contributed by atoms with Gasteiger partial charge in [-0.05, 0) is 44.9 Å². The van der Waals surface area contributed by atoms with Crippen LogP contribution in [0.1, 0.15) is 37.0 Å². The van der Waals surface area contributed by atoms with Gasteiger partial charge in [-0.25, -0.2) is 13.8 Å². The molecule has 0 saturated carbocycles. The van der Waals surface area contributed by atoms with Gasteiger partial charge in [0.25, 0.3) is 5.91 Å². The maximum atomic E-state index is 16.0. The Balaban J connectivity index is 1.69. The second-order valence-electron chi connectivity index (χ2n) is 9.96. The monoisotopic (exact) mass is 498 g/mol. The smallest absolute Gasteiger partial charge is 0.262 e. The van der Waals surface area contributed by atoms with E-state index in [9.17, 15) is 19.1 Å². The summed E-state index contributed by atoms with van der Waals surface area (Å²) in [5.41, 5.74) is -1.23. The number of aromatic hydroxyl groups is 1. The van der Waals surface area contributed by atoms with Crippen LogP contribution in [-0.2, 0) is 4.79 Å². The Hall–Kier alpha value is -3.69. The first kappa shape index (κ1) is 24.0. The number of pyridine rings is 1. The molecule has 190 valence electrons. The fourth-order valence-electron chi connectivity index (χ4n) is 5.38. The highest BCUT2D eigenvalue weighted by Gasteiger charge is 2.44. The lowest BCUT2D eigenvalue weighted by Gasteiger charge is -2.40. The number of hydrogen-bond acceptors (Lipinski definition) is 6. The molecule has 4 heterocycles.